The summed E-state index contributed by atoms with van der Waals surface area (Å²) >= 11 is 0. The number of nitrogen functional groups attached to an aromatic ring is 1. The monoisotopic (exact) mass is 260 g/mol. The maximum Gasteiger partial charge on any atom is 0.119 e. The molecule has 0 aromatic heterocycles. The molecule has 0 unspecified atom stereocenters. The summed E-state index contributed by atoms with van der Waals surface area (Å²) in [6.45, 7) is 3.44. The molecule has 1 aromatic rings. The summed E-state index contributed by atoms with van der Waals surface area (Å²) in [4.78, 5) is 2.68. The van der Waals surface area contributed by atoms with E-state index < -0.39 is 0 Å². The zero-order valence-corrected chi connectivity index (χ0v) is 11.6. The number of hydrogen-bond acceptors (Lipinski definition) is 3. The molecule has 0 saturated carbocycles. The van der Waals surface area contributed by atoms with Crippen molar-refractivity contribution < 1.29 is 4.74 Å². The Bertz CT molecular complexity index is 402. The quantitative estimate of drug-likeness (QED) is 0.849. The van der Waals surface area contributed by atoms with Gasteiger partial charge in [0.1, 0.15) is 5.75 Å². The van der Waals surface area contributed by atoms with Crippen LogP contribution in [0, 0.1) is 5.92 Å². The van der Waals surface area contributed by atoms with Gasteiger partial charge in [-0.3, -0.25) is 4.90 Å². The Hall–Kier alpha value is -1.22. The molecule has 0 spiro atoms. The maximum absolute atomic E-state index is 5.97. The molecule has 19 heavy (non-hydrogen) atoms. The minimum absolute atomic E-state index is 0.701. The second-order valence-electron chi connectivity index (χ2n) is 5.88. The van der Waals surface area contributed by atoms with Crippen molar-refractivity contribution in [3.05, 3.63) is 24.3 Å². The molecule has 2 saturated heterocycles. The van der Waals surface area contributed by atoms with E-state index in [0.717, 1.165) is 24.1 Å². The molecule has 0 amide bonds. The van der Waals surface area contributed by atoms with Gasteiger partial charge in [-0.2, -0.15) is 0 Å². The van der Waals surface area contributed by atoms with Crippen molar-refractivity contribution in [1.29, 1.82) is 0 Å². The number of anilines is 1. The van der Waals surface area contributed by atoms with E-state index in [1.807, 2.05) is 24.3 Å². The summed E-state index contributed by atoms with van der Waals surface area (Å²) in [5, 5.41) is 0. The highest BCUT2D eigenvalue weighted by Gasteiger charge is 2.33. The SMILES string of the molecule is Nc1ccc(OC[C@H]2CCCN3CCCC[C@H]23)cc1. The van der Waals surface area contributed by atoms with E-state index in [4.69, 9.17) is 10.5 Å². The van der Waals surface area contributed by atoms with E-state index in [-0.39, 0.29) is 0 Å². The predicted octanol–water partition coefficient (Wildman–Crippen LogP) is 2.91. The van der Waals surface area contributed by atoms with Crippen LogP contribution in [0.3, 0.4) is 0 Å². The largest absolute Gasteiger partial charge is 0.493 e. The average Bonchev–Trinajstić information content (AvgIpc) is 2.47. The molecule has 0 radical (unpaired) electrons. The van der Waals surface area contributed by atoms with E-state index in [0.29, 0.717) is 5.92 Å². The first-order chi connectivity index (χ1) is 9.33. The molecule has 3 nitrogen and oxygen atoms in total. The van der Waals surface area contributed by atoms with Gasteiger partial charge in [0.05, 0.1) is 6.61 Å². The van der Waals surface area contributed by atoms with Gasteiger partial charge in [0, 0.05) is 17.6 Å². The topological polar surface area (TPSA) is 38.5 Å². The standard InChI is InChI=1S/C16H24N2O/c17-14-6-8-15(9-7-14)19-12-13-4-3-11-18-10-2-1-5-16(13)18/h6-9,13,16H,1-5,10-12,17H2/t13-,16-/m1/s1. The molecule has 2 heterocycles. The van der Waals surface area contributed by atoms with Crippen LogP contribution >= 0.6 is 0 Å². The van der Waals surface area contributed by atoms with Crippen LogP contribution in [-0.4, -0.2) is 30.6 Å². The van der Waals surface area contributed by atoms with E-state index in [2.05, 4.69) is 4.90 Å². The number of nitrogens with two attached hydrogens (primary N) is 1. The van der Waals surface area contributed by atoms with Crippen LogP contribution in [0.5, 0.6) is 5.75 Å². The van der Waals surface area contributed by atoms with Gasteiger partial charge >= 0.3 is 0 Å². The van der Waals surface area contributed by atoms with E-state index in [1.54, 1.807) is 0 Å². The van der Waals surface area contributed by atoms with Crippen molar-refractivity contribution in [1.82, 2.24) is 4.90 Å². The Morgan fingerprint density at radius 3 is 2.68 bits per heavy atom. The van der Waals surface area contributed by atoms with Crippen LogP contribution in [0.2, 0.25) is 0 Å². The third-order valence-corrected chi connectivity index (χ3v) is 4.57. The molecule has 2 fully saturated rings. The normalized spacial score (nSPS) is 27.8. The zero-order valence-electron chi connectivity index (χ0n) is 11.6. The first-order valence-corrected chi connectivity index (χ1v) is 7.55. The minimum atomic E-state index is 0.701. The molecule has 1 aromatic carbocycles. The van der Waals surface area contributed by atoms with Gasteiger partial charge < -0.3 is 10.5 Å². The summed E-state index contributed by atoms with van der Waals surface area (Å²) in [7, 11) is 0. The van der Waals surface area contributed by atoms with Crippen LogP contribution in [0.1, 0.15) is 32.1 Å². The third-order valence-electron chi connectivity index (χ3n) is 4.57. The molecule has 3 heteroatoms. The number of nitrogens with zero attached hydrogens (tertiary/aromatic N) is 1. The Labute approximate surface area is 115 Å². The van der Waals surface area contributed by atoms with Gasteiger partial charge in [0.15, 0.2) is 0 Å². The van der Waals surface area contributed by atoms with Gasteiger partial charge in [-0.1, -0.05) is 6.42 Å². The molecular formula is C16H24N2O. The number of fused-ring (bicyclic) bond motifs is 1. The van der Waals surface area contributed by atoms with Crippen LogP contribution < -0.4 is 10.5 Å². The minimum Gasteiger partial charge on any atom is -0.493 e. The molecule has 0 aliphatic carbocycles. The van der Waals surface area contributed by atoms with Gasteiger partial charge in [0.2, 0.25) is 0 Å². The lowest BCUT2D eigenvalue weighted by atomic mass is 9.84. The second-order valence-corrected chi connectivity index (χ2v) is 5.88. The van der Waals surface area contributed by atoms with Crippen LogP contribution in [0.4, 0.5) is 5.69 Å². The van der Waals surface area contributed by atoms with Crippen molar-refractivity contribution in [2.24, 2.45) is 5.92 Å². The molecule has 104 valence electrons. The van der Waals surface area contributed by atoms with E-state index >= 15 is 0 Å². The fraction of sp³-hybridized carbons (Fsp3) is 0.625. The van der Waals surface area contributed by atoms with Crippen molar-refractivity contribution in [2.75, 3.05) is 25.4 Å². The molecule has 2 atom stereocenters. The molecule has 3 rings (SSSR count). The molecule has 0 bridgehead atoms. The number of rotatable bonds is 3. The second kappa shape index (κ2) is 5.83. The highest BCUT2D eigenvalue weighted by atomic mass is 16.5. The lowest BCUT2D eigenvalue weighted by molar-refractivity contribution is 0.0366. The fourth-order valence-electron chi connectivity index (χ4n) is 3.54. The number of hydrogen-bond donors (Lipinski definition) is 1. The average molecular weight is 260 g/mol. The number of piperidine rings is 2. The van der Waals surface area contributed by atoms with Crippen molar-refractivity contribution in [2.45, 2.75) is 38.1 Å². The molecule has 2 N–H and O–H groups in total. The Morgan fingerprint density at radius 1 is 1.05 bits per heavy atom. The number of benzene rings is 1. The van der Waals surface area contributed by atoms with Crippen LogP contribution in [0.15, 0.2) is 24.3 Å². The summed E-state index contributed by atoms with van der Waals surface area (Å²) in [6.07, 6.45) is 6.76. The first-order valence-electron chi connectivity index (χ1n) is 7.55. The Morgan fingerprint density at radius 2 is 1.84 bits per heavy atom. The van der Waals surface area contributed by atoms with Crippen LogP contribution in [0.25, 0.3) is 0 Å². The van der Waals surface area contributed by atoms with Crippen molar-refractivity contribution in [3.63, 3.8) is 0 Å². The van der Waals surface area contributed by atoms with Gasteiger partial charge in [0.25, 0.3) is 0 Å². The van der Waals surface area contributed by atoms with Gasteiger partial charge in [-0.15, -0.1) is 0 Å². The zero-order chi connectivity index (χ0) is 13.1. The highest BCUT2D eigenvalue weighted by Crippen LogP contribution is 2.31. The van der Waals surface area contributed by atoms with E-state index in [9.17, 15) is 0 Å². The van der Waals surface area contributed by atoms with E-state index in [1.165, 1.54) is 45.2 Å². The highest BCUT2D eigenvalue weighted by molar-refractivity contribution is 5.41. The fourth-order valence-corrected chi connectivity index (χ4v) is 3.54. The van der Waals surface area contributed by atoms with Crippen molar-refractivity contribution in [3.8, 4) is 5.75 Å². The van der Waals surface area contributed by atoms with Crippen LogP contribution in [-0.2, 0) is 0 Å². The summed E-state index contributed by atoms with van der Waals surface area (Å²) in [5.74, 6) is 1.65. The summed E-state index contributed by atoms with van der Waals surface area (Å²) in [6, 6.07) is 8.51. The smallest absolute Gasteiger partial charge is 0.119 e. The van der Waals surface area contributed by atoms with Gasteiger partial charge in [-0.25, -0.2) is 0 Å². The predicted molar refractivity (Wildman–Crippen MR) is 78.3 cm³/mol. The summed E-state index contributed by atoms with van der Waals surface area (Å²) < 4.78 is 5.97. The Balaban J connectivity index is 1.57. The maximum atomic E-state index is 5.97. The molecule has 2 aliphatic rings. The molecule has 2 aliphatic heterocycles. The Kier molecular flexibility index (Phi) is 3.92. The summed E-state index contributed by atoms with van der Waals surface area (Å²) in [5.41, 5.74) is 6.49. The van der Waals surface area contributed by atoms with Crippen molar-refractivity contribution >= 4 is 5.69 Å². The number of ether oxygens (including phenoxy) is 1. The van der Waals surface area contributed by atoms with Gasteiger partial charge in [-0.05, 0) is 63.0 Å². The lowest BCUT2D eigenvalue weighted by Crippen LogP contribution is -2.49. The third kappa shape index (κ3) is 3.03. The molecular weight excluding hydrogens is 236 g/mol. The lowest BCUT2D eigenvalue weighted by Gasteiger charge is -2.44. The first kappa shape index (κ1) is 12.8.